The van der Waals surface area contributed by atoms with E-state index >= 15 is 0 Å². The average Bonchev–Trinajstić information content (AvgIpc) is 2.33. The Kier molecular flexibility index (Phi) is 6.08. The molecule has 0 aromatic heterocycles. The Balaban J connectivity index is 2.37. The molecule has 0 radical (unpaired) electrons. The van der Waals surface area contributed by atoms with Gasteiger partial charge in [0.05, 0.1) is 0 Å². The van der Waals surface area contributed by atoms with Crippen LogP contribution in [0.4, 0.5) is 4.79 Å². The Labute approximate surface area is 114 Å². The van der Waals surface area contributed by atoms with Gasteiger partial charge in [0.25, 0.3) is 0 Å². The maximum absolute atomic E-state index is 12.0. The van der Waals surface area contributed by atoms with Gasteiger partial charge < -0.3 is 10.0 Å². The van der Waals surface area contributed by atoms with Gasteiger partial charge in [0.15, 0.2) is 0 Å². The number of rotatable bonds is 5. The van der Waals surface area contributed by atoms with Gasteiger partial charge in [-0.15, -0.1) is 0 Å². The zero-order chi connectivity index (χ0) is 14.4. The SMILES string of the molecule is CC1CCCC(C)N1NC(=O)N(C)CCCC(=O)O. The summed E-state index contributed by atoms with van der Waals surface area (Å²) < 4.78 is 0. The fourth-order valence-corrected chi connectivity index (χ4v) is 2.41. The first-order chi connectivity index (χ1) is 8.91. The van der Waals surface area contributed by atoms with Crippen LogP contribution in [0.2, 0.25) is 0 Å². The number of carboxylic acids is 1. The number of hydrogen-bond acceptors (Lipinski definition) is 3. The smallest absolute Gasteiger partial charge is 0.331 e. The molecule has 1 aliphatic heterocycles. The second kappa shape index (κ2) is 7.33. The summed E-state index contributed by atoms with van der Waals surface area (Å²) in [5, 5.41) is 10.6. The number of carbonyl (C=O) groups excluding carboxylic acids is 1. The van der Waals surface area contributed by atoms with Crippen LogP contribution in [0.15, 0.2) is 0 Å². The lowest BCUT2D eigenvalue weighted by Gasteiger charge is -2.39. The highest BCUT2D eigenvalue weighted by Gasteiger charge is 2.26. The Hall–Kier alpha value is -1.30. The summed E-state index contributed by atoms with van der Waals surface area (Å²) in [5.41, 5.74) is 2.93. The van der Waals surface area contributed by atoms with Crippen molar-refractivity contribution < 1.29 is 14.7 Å². The molecule has 0 spiro atoms. The molecule has 2 amide bonds. The molecule has 1 aliphatic rings. The molecule has 110 valence electrons. The first-order valence-electron chi connectivity index (χ1n) is 6.93. The van der Waals surface area contributed by atoms with Crippen LogP contribution in [0.25, 0.3) is 0 Å². The number of hydrazine groups is 1. The zero-order valence-electron chi connectivity index (χ0n) is 12.1. The Morgan fingerprint density at radius 3 is 2.42 bits per heavy atom. The predicted molar refractivity (Wildman–Crippen MR) is 72.6 cm³/mol. The molecule has 6 nitrogen and oxygen atoms in total. The molecule has 2 atom stereocenters. The van der Waals surface area contributed by atoms with Crippen LogP contribution >= 0.6 is 0 Å². The molecule has 1 saturated heterocycles. The number of amides is 2. The van der Waals surface area contributed by atoms with Crippen LogP contribution in [-0.2, 0) is 4.79 Å². The Morgan fingerprint density at radius 2 is 1.89 bits per heavy atom. The zero-order valence-corrected chi connectivity index (χ0v) is 12.1. The van der Waals surface area contributed by atoms with E-state index in [9.17, 15) is 9.59 Å². The van der Waals surface area contributed by atoms with Crippen molar-refractivity contribution in [2.45, 2.75) is 58.0 Å². The Bertz CT molecular complexity index is 312. The van der Waals surface area contributed by atoms with Crippen molar-refractivity contribution in [3.05, 3.63) is 0 Å². The molecular weight excluding hydrogens is 246 g/mol. The van der Waals surface area contributed by atoms with E-state index in [1.165, 1.54) is 11.3 Å². The highest BCUT2D eigenvalue weighted by atomic mass is 16.4. The summed E-state index contributed by atoms with van der Waals surface area (Å²) >= 11 is 0. The molecule has 0 aromatic rings. The van der Waals surface area contributed by atoms with E-state index in [-0.39, 0.29) is 12.5 Å². The predicted octanol–water partition coefficient (Wildman–Crippen LogP) is 1.67. The molecule has 1 rings (SSSR count). The summed E-state index contributed by atoms with van der Waals surface area (Å²) in [6, 6.07) is 0.534. The number of piperidine rings is 1. The fraction of sp³-hybridized carbons (Fsp3) is 0.846. The fourth-order valence-electron chi connectivity index (χ4n) is 2.41. The van der Waals surface area contributed by atoms with Crippen molar-refractivity contribution >= 4 is 12.0 Å². The van der Waals surface area contributed by atoms with Crippen LogP contribution in [0.3, 0.4) is 0 Å². The molecule has 1 fully saturated rings. The summed E-state index contributed by atoms with van der Waals surface area (Å²) in [6.45, 7) is 4.68. The first-order valence-corrected chi connectivity index (χ1v) is 6.93. The van der Waals surface area contributed by atoms with Crippen LogP contribution in [0.5, 0.6) is 0 Å². The van der Waals surface area contributed by atoms with Crippen LogP contribution in [-0.4, -0.2) is 52.7 Å². The van der Waals surface area contributed by atoms with Crippen molar-refractivity contribution in [3.8, 4) is 0 Å². The molecule has 2 N–H and O–H groups in total. The van der Waals surface area contributed by atoms with E-state index in [0.717, 1.165) is 12.8 Å². The lowest BCUT2D eigenvalue weighted by molar-refractivity contribution is -0.137. The monoisotopic (exact) mass is 271 g/mol. The minimum Gasteiger partial charge on any atom is -0.481 e. The normalized spacial score (nSPS) is 23.9. The van der Waals surface area contributed by atoms with Gasteiger partial charge in [-0.3, -0.25) is 10.2 Å². The lowest BCUT2D eigenvalue weighted by atomic mass is 10.00. The largest absolute Gasteiger partial charge is 0.481 e. The molecular formula is C13H25N3O3. The highest BCUT2D eigenvalue weighted by molar-refractivity contribution is 5.73. The molecule has 19 heavy (non-hydrogen) atoms. The minimum absolute atomic E-state index is 0.0914. The third-order valence-corrected chi connectivity index (χ3v) is 3.65. The molecule has 1 heterocycles. The number of carbonyl (C=O) groups is 2. The van der Waals surface area contributed by atoms with Gasteiger partial charge in [0.1, 0.15) is 0 Å². The number of aliphatic carboxylic acids is 1. The van der Waals surface area contributed by atoms with Crippen molar-refractivity contribution in [1.29, 1.82) is 0 Å². The molecule has 0 aliphatic carbocycles. The third-order valence-electron chi connectivity index (χ3n) is 3.65. The van der Waals surface area contributed by atoms with Crippen molar-refractivity contribution in [2.24, 2.45) is 0 Å². The van der Waals surface area contributed by atoms with E-state index in [1.54, 1.807) is 7.05 Å². The summed E-state index contributed by atoms with van der Waals surface area (Å²) in [4.78, 5) is 24.0. The van der Waals surface area contributed by atoms with Crippen LogP contribution < -0.4 is 5.43 Å². The first kappa shape index (κ1) is 15.8. The van der Waals surface area contributed by atoms with Crippen molar-refractivity contribution in [1.82, 2.24) is 15.3 Å². The number of carboxylic acid groups (broad SMARTS) is 1. The lowest BCUT2D eigenvalue weighted by Crippen LogP contribution is -2.56. The van der Waals surface area contributed by atoms with E-state index in [1.807, 2.05) is 5.01 Å². The van der Waals surface area contributed by atoms with E-state index in [4.69, 9.17) is 5.11 Å². The molecule has 0 bridgehead atoms. The second-order valence-corrected chi connectivity index (χ2v) is 5.37. The summed E-state index contributed by atoms with van der Waals surface area (Å²) in [6.07, 6.45) is 3.95. The van der Waals surface area contributed by atoms with Gasteiger partial charge in [0, 0.05) is 32.1 Å². The van der Waals surface area contributed by atoms with Crippen molar-refractivity contribution in [2.75, 3.05) is 13.6 Å². The number of nitrogens with zero attached hydrogens (tertiary/aromatic N) is 2. The van der Waals surface area contributed by atoms with E-state index < -0.39 is 5.97 Å². The molecule has 2 unspecified atom stereocenters. The summed E-state index contributed by atoms with van der Waals surface area (Å²) in [7, 11) is 1.69. The number of urea groups is 1. The summed E-state index contributed by atoms with van der Waals surface area (Å²) in [5.74, 6) is -0.827. The van der Waals surface area contributed by atoms with Gasteiger partial charge in [-0.2, -0.15) is 0 Å². The van der Waals surface area contributed by atoms with Gasteiger partial charge >= 0.3 is 12.0 Å². The molecule has 0 aromatic carbocycles. The standard InChI is InChI=1S/C13H25N3O3/c1-10-6-4-7-11(2)16(10)14-13(19)15(3)9-5-8-12(17)18/h10-11H,4-9H2,1-3H3,(H,14,19)(H,17,18). The second-order valence-electron chi connectivity index (χ2n) is 5.37. The highest BCUT2D eigenvalue weighted by Crippen LogP contribution is 2.20. The molecule has 0 saturated carbocycles. The van der Waals surface area contributed by atoms with Gasteiger partial charge in [-0.25, -0.2) is 9.80 Å². The maximum atomic E-state index is 12.0. The van der Waals surface area contributed by atoms with Crippen molar-refractivity contribution in [3.63, 3.8) is 0 Å². The van der Waals surface area contributed by atoms with Crippen LogP contribution in [0, 0.1) is 0 Å². The molecule has 6 heteroatoms. The maximum Gasteiger partial charge on any atom is 0.331 e. The number of hydrogen-bond donors (Lipinski definition) is 2. The van der Waals surface area contributed by atoms with Gasteiger partial charge in [0.2, 0.25) is 0 Å². The average molecular weight is 271 g/mol. The van der Waals surface area contributed by atoms with Gasteiger partial charge in [-0.05, 0) is 33.1 Å². The Morgan fingerprint density at radius 1 is 1.32 bits per heavy atom. The topological polar surface area (TPSA) is 72.9 Å². The third kappa shape index (κ3) is 5.06. The number of nitrogens with one attached hydrogen (secondary N) is 1. The van der Waals surface area contributed by atoms with Gasteiger partial charge in [-0.1, -0.05) is 6.42 Å². The minimum atomic E-state index is -0.827. The van der Waals surface area contributed by atoms with Crippen LogP contribution in [0.1, 0.15) is 46.0 Å². The van der Waals surface area contributed by atoms with E-state index in [0.29, 0.717) is 25.0 Å². The van der Waals surface area contributed by atoms with E-state index in [2.05, 4.69) is 19.3 Å². The quantitative estimate of drug-likeness (QED) is 0.798.